The van der Waals surface area contributed by atoms with Gasteiger partial charge in [0.1, 0.15) is 0 Å². The van der Waals surface area contributed by atoms with E-state index < -0.39 is 0 Å². The summed E-state index contributed by atoms with van der Waals surface area (Å²) in [4.78, 5) is 2.71. The number of hydrogen-bond acceptors (Lipinski definition) is 4. The molecule has 3 fully saturated rings. The Morgan fingerprint density at radius 1 is 1.26 bits per heavy atom. The smallest absolute Gasteiger partial charge is 0.0713 e. The molecule has 3 unspecified atom stereocenters. The lowest BCUT2D eigenvalue weighted by Crippen LogP contribution is -2.55. The predicted molar refractivity (Wildman–Crippen MR) is 81.6 cm³/mol. The molecule has 0 bridgehead atoms. The number of nitrogens with zero attached hydrogens (tertiary/aromatic N) is 1. The molecule has 110 valence electrons. The molecule has 0 aromatic carbocycles. The first-order valence-electron chi connectivity index (χ1n) is 7.90. The summed E-state index contributed by atoms with van der Waals surface area (Å²) in [6, 6.07) is 1.16. The summed E-state index contributed by atoms with van der Waals surface area (Å²) in [6.07, 6.45) is 6.17. The Morgan fingerprint density at radius 2 is 2.05 bits per heavy atom. The number of hydrogen-bond donors (Lipinski definition) is 1. The molecule has 4 heteroatoms. The first-order valence-corrected chi connectivity index (χ1v) is 9.05. The first kappa shape index (κ1) is 14.2. The van der Waals surface area contributed by atoms with Crippen molar-refractivity contribution in [2.75, 3.05) is 31.2 Å². The number of piperidine rings is 1. The molecule has 0 amide bonds. The Kier molecular flexibility index (Phi) is 4.42. The van der Waals surface area contributed by atoms with Gasteiger partial charge >= 0.3 is 0 Å². The lowest BCUT2D eigenvalue weighted by atomic mass is 9.83. The second-order valence-corrected chi connectivity index (χ2v) is 7.94. The number of ether oxygens (including phenoxy) is 1. The molecular weight excluding hydrogens is 256 g/mol. The van der Waals surface area contributed by atoms with E-state index in [1.54, 1.807) is 0 Å². The maximum atomic E-state index is 6.21. The van der Waals surface area contributed by atoms with Crippen molar-refractivity contribution >= 4 is 11.8 Å². The lowest BCUT2D eigenvalue weighted by Gasteiger charge is -2.48. The zero-order valence-electron chi connectivity index (χ0n) is 12.1. The van der Waals surface area contributed by atoms with Crippen LogP contribution in [0.3, 0.4) is 0 Å². The third-order valence-electron chi connectivity index (χ3n) is 5.39. The van der Waals surface area contributed by atoms with Gasteiger partial charge in [-0.15, -0.1) is 0 Å². The number of rotatable bonds is 1. The van der Waals surface area contributed by atoms with Gasteiger partial charge in [0.05, 0.1) is 5.60 Å². The van der Waals surface area contributed by atoms with Crippen LogP contribution in [0, 0.1) is 5.92 Å². The molecule has 19 heavy (non-hydrogen) atoms. The molecule has 0 saturated carbocycles. The second kappa shape index (κ2) is 5.92. The van der Waals surface area contributed by atoms with Crippen LogP contribution in [0.25, 0.3) is 0 Å². The van der Waals surface area contributed by atoms with Crippen molar-refractivity contribution in [2.24, 2.45) is 11.7 Å². The third-order valence-corrected chi connectivity index (χ3v) is 6.38. The average molecular weight is 284 g/mol. The van der Waals surface area contributed by atoms with Gasteiger partial charge in [-0.1, -0.05) is 6.92 Å². The lowest BCUT2D eigenvalue weighted by molar-refractivity contribution is -0.114. The molecular formula is C15H28N2OS. The van der Waals surface area contributed by atoms with Gasteiger partial charge in [-0.2, -0.15) is 11.8 Å². The maximum absolute atomic E-state index is 6.21. The monoisotopic (exact) mass is 284 g/mol. The van der Waals surface area contributed by atoms with E-state index in [0.29, 0.717) is 12.0 Å². The van der Waals surface area contributed by atoms with Crippen LogP contribution in [-0.4, -0.2) is 53.8 Å². The van der Waals surface area contributed by atoms with E-state index in [-0.39, 0.29) is 5.60 Å². The van der Waals surface area contributed by atoms with Crippen molar-refractivity contribution in [3.05, 3.63) is 0 Å². The van der Waals surface area contributed by atoms with Gasteiger partial charge in [-0.3, -0.25) is 4.90 Å². The summed E-state index contributed by atoms with van der Waals surface area (Å²) in [5, 5.41) is 0. The van der Waals surface area contributed by atoms with E-state index in [9.17, 15) is 0 Å². The fourth-order valence-corrected chi connectivity index (χ4v) is 5.17. The highest BCUT2D eigenvalue weighted by Crippen LogP contribution is 2.39. The predicted octanol–water partition coefficient (Wildman–Crippen LogP) is 2.10. The standard InChI is InChI=1S/C15H28N2OS/c1-12-11-17(6-2-14(12)16)13-3-7-18-15(10-13)4-8-19-9-5-15/h12-14H,2-11,16H2,1H3. The fraction of sp³-hybridized carbons (Fsp3) is 1.00. The largest absolute Gasteiger partial charge is 0.375 e. The summed E-state index contributed by atoms with van der Waals surface area (Å²) in [5.41, 5.74) is 6.37. The average Bonchev–Trinajstić information content (AvgIpc) is 2.43. The number of nitrogens with two attached hydrogens (primary N) is 1. The molecule has 2 N–H and O–H groups in total. The minimum absolute atomic E-state index is 0.219. The van der Waals surface area contributed by atoms with Gasteiger partial charge in [0.2, 0.25) is 0 Å². The first-order chi connectivity index (χ1) is 9.19. The molecule has 3 nitrogen and oxygen atoms in total. The fourth-order valence-electron chi connectivity index (χ4n) is 3.93. The molecule has 3 rings (SSSR count). The quantitative estimate of drug-likeness (QED) is 0.800. The normalized spacial score (nSPS) is 40.4. The van der Waals surface area contributed by atoms with Gasteiger partial charge in [-0.25, -0.2) is 0 Å². The molecule has 0 aromatic rings. The van der Waals surface area contributed by atoms with Gasteiger partial charge < -0.3 is 10.5 Å². The van der Waals surface area contributed by atoms with Crippen LogP contribution in [-0.2, 0) is 4.74 Å². The molecule has 0 aromatic heterocycles. The highest BCUT2D eigenvalue weighted by atomic mass is 32.2. The van der Waals surface area contributed by atoms with Gasteiger partial charge in [-0.05, 0) is 56.1 Å². The van der Waals surface area contributed by atoms with E-state index in [2.05, 4.69) is 23.6 Å². The molecule has 3 aliphatic rings. The van der Waals surface area contributed by atoms with Crippen LogP contribution in [0.15, 0.2) is 0 Å². The number of likely N-dealkylation sites (tertiary alicyclic amines) is 1. The zero-order valence-corrected chi connectivity index (χ0v) is 13.0. The molecule has 3 aliphatic heterocycles. The number of thioether (sulfide) groups is 1. The summed E-state index contributed by atoms with van der Waals surface area (Å²) >= 11 is 2.09. The molecule has 3 heterocycles. The van der Waals surface area contributed by atoms with Crippen molar-refractivity contribution < 1.29 is 4.74 Å². The van der Waals surface area contributed by atoms with Crippen molar-refractivity contribution in [3.63, 3.8) is 0 Å². The van der Waals surface area contributed by atoms with Gasteiger partial charge in [0.15, 0.2) is 0 Å². The van der Waals surface area contributed by atoms with Crippen LogP contribution in [0.4, 0.5) is 0 Å². The molecule has 3 saturated heterocycles. The Balaban J connectivity index is 1.61. The Labute approximate surface area is 121 Å². The van der Waals surface area contributed by atoms with Crippen LogP contribution >= 0.6 is 11.8 Å². The second-order valence-electron chi connectivity index (χ2n) is 6.72. The zero-order chi connectivity index (χ0) is 13.3. The minimum Gasteiger partial charge on any atom is -0.375 e. The summed E-state index contributed by atoms with van der Waals surface area (Å²) < 4.78 is 6.21. The summed E-state index contributed by atoms with van der Waals surface area (Å²) in [6.45, 7) is 5.66. The van der Waals surface area contributed by atoms with Crippen molar-refractivity contribution in [1.82, 2.24) is 4.90 Å². The Bertz CT molecular complexity index is 301. The van der Waals surface area contributed by atoms with E-state index in [1.165, 1.54) is 56.7 Å². The SMILES string of the molecule is CC1CN(C2CCOC3(CCSCC3)C2)CCC1N. The van der Waals surface area contributed by atoms with Crippen molar-refractivity contribution in [1.29, 1.82) is 0 Å². The Morgan fingerprint density at radius 3 is 2.79 bits per heavy atom. The molecule has 1 spiro atoms. The van der Waals surface area contributed by atoms with Crippen LogP contribution in [0.2, 0.25) is 0 Å². The maximum Gasteiger partial charge on any atom is 0.0713 e. The Hall–Kier alpha value is 0.230. The van der Waals surface area contributed by atoms with Crippen LogP contribution in [0.1, 0.15) is 39.0 Å². The van der Waals surface area contributed by atoms with E-state index in [1.807, 2.05) is 0 Å². The highest BCUT2D eigenvalue weighted by Gasteiger charge is 2.41. The van der Waals surface area contributed by atoms with Crippen molar-refractivity contribution in [3.8, 4) is 0 Å². The van der Waals surface area contributed by atoms with Gasteiger partial charge in [0.25, 0.3) is 0 Å². The highest BCUT2D eigenvalue weighted by molar-refractivity contribution is 7.99. The summed E-state index contributed by atoms with van der Waals surface area (Å²) in [5.74, 6) is 3.22. The molecule has 0 aliphatic carbocycles. The van der Waals surface area contributed by atoms with Gasteiger partial charge in [0, 0.05) is 25.2 Å². The topological polar surface area (TPSA) is 38.5 Å². The van der Waals surface area contributed by atoms with E-state index >= 15 is 0 Å². The molecule has 0 radical (unpaired) electrons. The van der Waals surface area contributed by atoms with Crippen LogP contribution in [0.5, 0.6) is 0 Å². The molecule has 3 atom stereocenters. The van der Waals surface area contributed by atoms with Crippen molar-refractivity contribution in [2.45, 2.75) is 56.7 Å². The third kappa shape index (κ3) is 3.12. The van der Waals surface area contributed by atoms with Crippen LogP contribution < -0.4 is 5.73 Å². The van der Waals surface area contributed by atoms with E-state index in [4.69, 9.17) is 10.5 Å². The summed E-state index contributed by atoms with van der Waals surface area (Å²) in [7, 11) is 0. The van der Waals surface area contributed by atoms with E-state index in [0.717, 1.165) is 12.6 Å². The minimum atomic E-state index is 0.219.